The largest absolute Gasteiger partial charge is 0.380 e. The highest BCUT2D eigenvalue weighted by Crippen LogP contribution is 2.27. The second-order valence-electron chi connectivity index (χ2n) is 5.50. The van der Waals surface area contributed by atoms with Crippen molar-refractivity contribution in [2.45, 2.75) is 26.5 Å². The number of aromatic nitrogens is 2. The molecule has 0 amide bonds. The van der Waals surface area contributed by atoms with Gasteiger partial charge in [0.1, 0.15) is 11.9 Å². The van der Waals surface area contributed by atoms with Gasteiger partial charge >= 0.3 is 0 Å². The molecule has 1 heterocycles. The molecule has 22 heavy (non-hydrogen) atoms. The summed E-state index contributed by atoms with van der Waals surface area (Å²) < 4.78 is 1.92. The fraction of sp³-hybridized carbons (Fsp3) is 0.211. The van der Waals surface area contributed by atoms with Crippen LogP contribution in [0.15, 0.2) is 42.5 Å². The number of benzene rings is 2. The standard InChI is InChI=1S/C19H18N2O/c1-4-10-21-17-12-14(3)13(2)11-16(17)20-19(21)18(22)15-8-6-5-7-9-15/h1,5-9,11-12,18,22H,10H2,2-3H3. The van der Waals surface area contributed by atoms with Gasteiger partial charge in [0, 0.05) is 0 Å². The lowest BCUT2D eigenvalue weighted by atomic mass is 10.1. The molecule has 110 valence electrons. The van der Waals surface area contributed by atoms with Crippen LogP contribution in [0.3, 0.4) is 0 Å². The van der Waals surface area contributed by atoms with Gasteiger partial charge < -0.3 is 9.67 Å². The summed E-state index contributed by atoms with van der Waals surface area (Å²) in [6, 6.07) is 13.6. The lowest BCUT2D eigenvalue weighted by molar-refractivity contribution is 0.206. The van der Waals surface area contributed by atoms with Crippen LogP contribution in [0.25, 0.3) is 11.0 Å². The summed E-state index contributed by atoms with van der Waals surface area (Å²) in [4.78, 5) is 4.63. The third-order valence-corrected chi connectivity index (χ3v) is 4.00. The van der Waals surface area contributed by atoms with Crippen molar-refractivity contribution in [3.63, 3.8) is 0 Å². The van der Waals surface area contributed by atoms with Crippen LogP contribution in [0.5, 0.6) is 0 Å². The molecule has 3 rings (SSSR count). The number of nitrogens with zero attached hydrogens (tertiary/aromatic N) is 2. The Morgan fingerprint density at radius 1 is 1.18 bits per heavy atom. The van der Waals surface area contributed by atoms with Gasteiger partial charge in [-0.25, -0.2) is 4.98 Å². The van der Waals surface area contributed by atoms with E-state index in [1.807, 2.05) is 41.0 Å². The third kappa shape index (κ3) is 2.38. The molecule has 0 fully saturated rings. The van der Waals surface area contributed by atoms with E-state index in [2.05, 4.69) is 30.8 Å². The first kappa shape index (κ1) is 14.4. The summed E-state index contributed by atoms with van der Waals surface area (Å²) >= 11 is 0. The summed E-state index contributed by atoms with van der Waals surface area (Å²) in [6.07, 6.45) is 4.72. The van der Waals surface area contributed by atoms with E-state index in [-0.39, 0.29) is 0 Å². The van der Waals surface area contributed by atoms with Crippen molar-refractivity contribution in [1.29, 1.82) is 0 Å². The minimum absolute atomic E-state index is 0.387. The Bertz CT molecular complexity index is 857. The maximum atomic E-state index is 10.7. The number of rotatable bonds is 3. The predicted molar refractivity (Wildman–Crippen MR) is 88.5 cm³/mol. The lowest BCUT2D eigenvalue weighted by Gasteiger charge is -2.12. The van der Waals surface area contributed by atoms with Gasteiger partial charge in [0.2, 0.25) is 0 Å². The molecule has 1 aromatic heterocycles. The van der Waals surface area contributed by atoms with Crippen LogP contribution in [0.1, 0.15) is 28.6 Å². The summed E-state index contributed by atoms with van der Waals surface area (Å²) in [5.74, 6) is 3.24. The Labute approximate surface area is 130 Å². The maximum absolute atomic E-state index is 10.7. The van der Waals surface area contributed by atoms with Gasteiger partial charge in [0.05, 0.1) is 17.6 Å². The predicted octanol–water partition coefficient (Wildman–Crippen LogP) is 3.37. The van der Waals surface area contributed by atoms with E-state index in [1.165, 1.54) is 11.1 Å². The molecule has 0 spiro atoms. The van der Waals surface area contributed by atoms with Gasteiger partial charge in [-0.2, -0.15) is 0 Å². The van der Waals surface area contributed by atoms with Gasteiger partial charge in [-0.05, 0) is 42.7 Å². The molecule has 0 radical (unpaired) electrons. The van der Waals surface area contributed by atoms with Crippen LogP contribution in [0.4, 0.5) is 0 Å². The Balaban J connectivity index is 2.20. The molecular weight excluding hydrogens is 272 g/mol. The number of aliphatic hydroxyl groups is 1. The van der Waals surface area contributed by atoms with E-state index in [1.54, 1.807) is 0 Å². The smallest absolute Gasteiger partial charge is 0.144 e. The van der Waals surface area contributed by atoms with E-state index in [0.29, 0.717) is 12.4 Å². The molecule has 0 aliphatic heterocycles. The molecule has 1 N–H and O–H groups in total. The Hall–Kier alpha value is -2.57. The van der Waals surface area contributed by atoms with Gasteiger partial charge in [-0.15, -0.1) is 6.42 Å². The van der Waals surface area contributed by atoms with E-state index in [9.17, 15) is 5.11 Å². The van der Waals surface area contributed by atoms with Crippen molar-refractivity contribution in [2.24, 2.45) is 0 Å². The van der Waals surface area contributed by atoms with E-state index in [0.717, 1.165) is 16.6 Å². The number of aryl methyl sites for hydroxylation is 2. The molecule has 2 aromatic carbocycles. The SMILES string of the molecule is C#CCn1c(C(O)c2ccccc2)nc2cc(C)c(C)cc21. The second kappa shape index (κ2) is 5.67. The zero-order valence-corrected chi connectivity index (χ0v) is 12.7. The average Bonchev–Trinajstić information content (AvgIpc) is 2.86. The normalized spacial score (nSPS) is 12.3. The van der Waals surface area contributed by atoms with Crippen LogP contribution in [-0.2, 0) is 6.54 Å². The number of terminal acetylenes is 1. The molecule has 0 saturated heterocycles. The van der Waals surface area contributed by atoms with Crippen LogP contribution < -0.4 is 0 Å². The van der Waals surface area contributed by atoms with Crippen molar-refractivity contribution < 1.29 is 5.11 Å². The number of aliphatic hydroxyl groups excluding tert-OH is 1. The van der Waals surface area contributed by atoms with Gasteiger partial charge in [-0.3, -0.25) is 0 Å². The molecule has 0 saturated carbocycles. The highest BCUT2D eigenvalue weighted by molar-refractivity contribution is 5.78. The fourth-order valence-corrected chi connectivity index (χ4v) is 2.65. The Morgan fingerprint density at radius 2 is 1.86 bits per heavy atom. The molecule has 3 heteroatoms. The van der Waals surface area contributed by atoms with E-state index >= 15 is 0 Å². The number of fused-ring (bicyclic) bond motifs is 1. The number of imidazole rings is 1. The average molecular weight is 290 g/mol. The number of hydrogen-bond acceptors (Lipinski definition) is 2. The Kier molecular flexibility index (Phi) is 3.70. The minimum atomic E-state index is -0.789. The maximum Gasteiger partial charge on any atom is 0.144 e. The van der Waals surface area contributed by atoms with Gasteiger partial charge in [0.15, 0.2) is 0 Å². The van der Waals surface area contributed by atoms with Gasteiger partial charge in [-0.1, -0.05) is 36.3 Å². The summed E-state index contributed by atoms with van der Waals surface area (Å²) in [5.41, 5.74) is 5.00. The topological polar surface area (TPSA) is 38.0 Å². The fourth-order valence-electron chi connectivity index (χ4n) is 2.65. The zero-order valence-electron chi connectivity index (χ0n) is 12.7. The molecule has 3 nitrogen and oxygen atoms in total. The third-order valence-electron chi connectivity index (χ3n) is 4.00. The van der Waals surface area contributed by atoms with Crippen molar-refractivity contribution in [1.82, 2.24) is 9.55 Å². The lowest BCUT2D eigenvalue weighted by Crippen LogP contribution is -2.09. The van der Waals surface area contributed by atoms with Crippen LogP contribution in [-0.4, -0.2) is 14.7 Å². The van der Waals surface area contributed by atoms with Crippen molar-refractivity contribution in [3.05, 3.63) is 65.0 Å². The highest BCUT2D eigenvalue weighted by Gasteiger charge is 2.19. The zero-order chi connectivity index (χ0) is 15.7. The quantitative estimate of drug-likeness (QED) is 0.751. The summed E-state index contributed by atoms with van der Waals surface area (Å²) in [5, 5.41) is 10.7. The van der Waals surface area contributed by atoms with Crippen molar-refractivity contribution in [3.8, 4) is 12.3 Å². The van der Waals surface area contributed by atoms with Crippen LogP contribution in [0, 0.1) is 26.2 Å². The minimum Gasteiger partial charge on any atom is -0.380 e. The first-order valence-corrected chi connectivity index (χ1v) is 7.25. The summed E-state index contributed by atoms with van der Waals surface area (Å²) in [7, 11) is 0. The molecule has 0 aliphatic rings. The second-order valence-corrected chi connectivity index (χ2v) is 5.50. The molecule has 0 bridgehead atoms. The molecular formula is C19H18N2O. The molecule has 1 atom stereocenters. The summed E-state index contributed by atoms with van der Waals surface area (Å²) in [6.45, 7) is 4.51. The first-order valence-electron chi connectivity index (χ1n) is 7.25. The Morgan fingerprint density at radius 3 is 2.55 bits per heavy atom. The van der Waals surface area contributed by atoms with Crippen LogP contribution in [0.2, 0.25) is 0 Å². The monoisotopic (exact) mass is 290 g/mol. The van der Waals surface area contributed by atoms with Crippen LogP contribution >= 0.6 is 0 Å². The van der Waals surface area contributed by atoms with Gasteiger partial charge in [0.25, 0.3) is 0 Å². The number of hydrogen-bond donors (Lipinski definition) is 1. The highest BCUT2D eigenvalue weighted by atomic mass is 16.3. The molecule has 0 aliphatic carbocycles. The van der Waals surface area contributed by atoms with Crippen molar-refractivity contribution in [2.75, 3.05) is 0 Å². The first-order chi connectivity index (χ1) is 10.6. The molecule has 1 unspecified atom stereocenters. The van der Waals surface area contributed by atoms with E-state index in [4.69, 9.17) is 6.42 Å². The molecule has 3 aromatic rings. The van der Waals surface area contributed by atoms with Crippen molar-refractivity contribution >= 4 is 11.0 Å². The van der Waals surface area contributed by atoms with E-state index < -0.39 is 6.10 Å².